The summed E-state index contributed by atoms with van der Waals surface area (Å²) in [4.78, 5) is 11.5. The van der Waals surface area contributed by atoms with E-state index in [9.17, 15) is 4.79 Å². The molecule has 1 aromatic rings. The van der Waals surface area contributed by atoms with Crippen molar-refractivity contribution >= 4 is 17.5 Å². The van der Waals surface area contributed by atoms with Crippen molar-refractivity contribution in [3.8, 4) is 5.75 Å². The summed E-state index contributed by atoms with van der Waals surface area (Å²) in [5.41, 5.74) is 11.2. The van der Waals surface area contributed by atoms with E-state index in [1.54, 1.807) is 25.2 Å². The van der Waals surface area contributed by atoms with Crippen molar-refractivity contribution in [3.63, 3.8) is 0 Å². The Hall–Kier alpha value is -1.30. The molecule has 0 aliphatic rings. The molecule has 0 bridgehead atoms. The van der Waals surface area contributed by atoms with Crippen molar-refractivity contribution in [2.24, 2.45) is 5.73 Å². The molecule has 0 spiro atoms. The Balaban J connectivity index is 3.01. The van der Waals surface area contributed by atoms with Gasteiger partial charge in [-0.15, -0.1) is 0 Å². The van der Waals surface area contributed by atoms with Gasteiger partial charge < -0.3 is 10.5 Å². The van der Waals surface area contributed by atoms with Gasteiger partial charge in [0.05, 0.1) is 7.11 Å². The van der Waals surface area contributed by atoms with Crippen LogP contribution in [0.5, 0.6) is 5.75 Å². The molecule has 0 radical (unpaired) electrons. The molecule has 0 saturated heterocycles. The molecule has 5 nitrogen and oxygen atoms in total. The van der Waals surface area contributed by atoms with E-state index in [0.29, 0.717) is 16.3 Å². The first-order valence-electron chi connectivity index (χ1n) is 4.65. The largest absolute Gasteiger partial charge is 0.496 e. The summed E-state index contributed by atoms with van der Waals surface area (Å²) in [5, 5.41) is 0.503. The number of carbonyl (C=O) groups is 1. The average molecular weight is 244 g/mol. The van der Waals surface area contributed by atoms with Crippen LogP contribution < -0.4 is 21.3 Å². The molecule has 0 aliphatic heterocycles. The van der Waals surface area contributed by atoms with Crippen LogP contribution in [-0.4, -0.2) is 20.1 Å². The molecule has 1 atom stereocenters. The van der Waals surface area contributed by atoms with E-state index < -0.39 is 6.04 Å². The summed E-state index contributed by atoms with van der Waals surface area (Å²) >= 11 is 5.84. The fourth-order valence-electron chi connectivity index (χ4n) is 1.29. The van der Waals surface area contributed by atoms with E-state index in [0.717, 1.165) is 0 Å². The molecule has 0 fully saturated rings. The third-order valence-electron chi connectivity index (χ3n) is 2.06. The van der Waals surface area contributed by atoms with Gasteiger partial charge in [0.2, 0.25) is 0 Å². The Labute approximate surface area is 98.9 Å². The summed E-state index contributed by atoms with van der Waals surface area (Å²) in [6, 6.07) is 4.12. The number of hydrazine groups is 1. The molecule has 4 N–H and O–H groups in total. The fraction of sp³-hybridized carbons (Fsp3) is 0.300. The zero-order chi connectivity index (χ0) is 12.1. The number of amides is 1. The molecule has 1 unspecified atom stereocenters. The van der Waals surface area contributed by atoms with E-state index in [1.807, 2.05) is 0 Å². The van der Waals surface area contributed by atoms with Gasteiger partial charge in [0.25, 0.3) is 5.91 Å². The number of hydrogen-bond acceptors (Lipinski definition) is 4. The highest BCUT2D eigenvalue weighted by molar-refractivity contribution is 6.30. The van der Waals surface area contributed by atoms with Crippen molar-refractivity contribution in [1.29, 1.82) is 0 Å². The Morgan fingerprint density at radius 1 is 1.56 bits per heavy atom. The number of rotatable bonds is 4. The van der Waals surface area contributed by atoms with Gasteiger partial charge in [-0.2, -0.15) is 0 Å². The second-order valence-electron chi connectivity index (χ2n) is 3.10. The fourth-order valence-corrected chi connectivity index (χ4v) is 1.47. The van der Waals surface area contributed by atoms with Crippen molar-refractivity contribution < 1.29 is 9.53 Å². The molecular formula is C10H14ClN3O2. The van der Waals surface area contributed by atoms with E-state index in [2.05, 4.69) is 10.9 Å². The summed E-state index contributed by atoms with van der Waals surface area (Å²) < 4.78 is 5.11. The number of nitrogens with one attached hydrogen (secondary N) is 2. The van der Waals surface area contributed by atoms with Crippen molar-refractivity contribution in [1.82, 2.24) is 10.9 Å². The minimum absolute atomic E-state index is 0.358. The van der Waals surface area contributed by atoms with Crippen LogP contribution in [0.25, 0.3) is 0 Å². The highest BCUT2D eigenvalue weighted by Gasteiger charge is 2.19. The van der Waals surface area contributed by atoms with Crippen LogP contribution in [0.2, 0.25) is 5.02 Å². The zero-order valence-electron chi connectivity index (χ0n) is 9.08. The molecular weight excluding hydrogens is 230 g/mol. The third kappa shape index (κ3) is 2.85. The van der Waals surface area contributed by atoms with Crippen LogP contribution in [0, 0.1) is 0 Å². The third-order valence-corrected chi connectivity index (χ3v) is 2.29. The van der Waals surface area contributed by atoms with Crippen LogP contribution in [0.15, 0.2) is 18.2 Å². The molecule has 6 heteroatoms. The lowest BCUT2D eigenvalue weighted by Gasteiger charge is -2.15. The molecule has 0 aromatic heterocycles. The number of hydrogen-bond donors (Lipinski definition) is 3. The second-order valence-corrected chi connectivity index (χ2v) is 3.54. The summed E-state index contributed by atoms with van der Waals surface area (Å²) in [6.07, 6.45) is 0. The molecule has 1 amide bonds. The Bertz CT molecular complexity index is 384. The number of carbonyl (C=O) groups excluding carboxylic acids is 1. The molecule has 0 aliphatic carbocycles. The topological polar surface area (TPSA) is 76.4 Å². The highest BCUT2D eigenvalue weighted by Crippen LogP contribution is 2.27. The van der Waals surface area contributed by atoms with Crippen LogP contribution >= 0.6 is 11.6 Å². The molecule has 1 rings (SSSR count). The minimum atomic E-state index is -0.832. The van der Waals surface area contributed by atoms with Crippen LogP contribution in [-0.2, 0) is 4.79 Å². The first-order chi connectivity index (χ1) is 7.60. The standard InChI is InChI=1S/C10H14ClN3O2/c1-13-14-10(15)9(12)7-5-6(11)3-4-8(7)16-2/h3-5,9,13H,12H2,1-2H3,(H,14,15). The second kappa shape index (κ2) is 5.69. The Kier molecular flexibility index (Phi) is 4.54. The van der Waals surface area contributed by atoms with Gasteiger partial charge in [0.1, 0.15) is 11.8 Å². The molecule has 16 heavy (non-hydrogen) atoms. The average Bonchev–Trinajstić information content (AvgIpc) is 2.28. The molecule has 0 heterocycles. The number of halogens is 1. The number of methoxy groups -OCH3 is 1. The van der Waals surface area contributed by atoms with Gasteiger partial charge in [0, 0.05) is 17.6 Å². The van der Waals surface area contributed by atoms with Gasteiger partial charge >= 0.3 is 0 Å². The number of nitrogens with two attached hydrogens (primary N) is 1. The minimum Gasteiger partial charge on any atom is -0.496 e. The maximum Gasteiger partial charge on any atom is 0.255 e. The first kappa shape index (κ1) is 12.8. The van der Waals surface area contributed by atoms with Gasteiger partial charge in [-0.05, 0) is 18.2 Å². The predicted octanol–water partition coefficient (Wildman–Crippen LogP) is 0.599. The monoisotopic (exact) mass is 243 g/mol. The van der Waals surface area contributed by atoms with E-state index in [-0.39, 0.29) is 5.91 Å². The van der Waals surface area contributed by atoms with E-state index in [1.165, 1.54) is 7.11 Å². The molecule has 88 valence electrons. The first-order valence-corrected chi connectivity index (χ1v) is 5.03. The Morgan fingerprint density at radius 2 is 2.25 bits per heavy atom. The van der Waals surface area contributed by atoms with Crippen molar-refractivity contribution in [2.75, 3.05) is 14.2 Å². The normalized spacial score (nSPS) is 12.0. The van der Waals surface area contributed by atoms with E-state index >= 15 is 0 Å². The van der Waals surface area contributed by atoms with Crippen LogP contribution in [0.1, 0.15) is 11.6 Å². The predicted molar refractivity (Wildman–Crippen MR) is 62.1 cm³/mol. The number of ether oxygens (including phenoxy) is 1. The summed E-state index contributed by atoms with van der Waals surface area (Å²) in [5.74, 6) is 0.172. The SMILES string of the molecule is CNNC(=O)C(N)c1cc(Cl)ccc1OC. The molecule has 1 aromatic carbocycles. The lowest BCUT2D eigenvalue weighted by Crippen LogP contribution is -2.40. The summed E-state index contributed by atoms with van der Waals surface area (Å²) in [6.45, 7) is 0. The Morgan fingerprint density at radius 3 is 2.81 bits per heavy atom. The maximum atomic E-state index is 11.5. The highest BCUT2D eigenvalue weighted by atomic mass is 35.5. The summed E-state index contributed by atoms with van der Waals surface area (Å²) in [7, 11) is 3.09. The lowest BCUT2D eigenvalue weighted by molar-refractivity contribution is -0.123. The van der Waals surface area contributed by atoms with Crippen molar-refractivity contribution in [2.45, 2.75) is 6.04 Å². The van der Waals surface area contributed by atoms with E-state index in [4.69, 9.17) is 22.1 Å². The smallest absolute Gasteiger partial charge is 0.255 e. The van der Waals surface area contributed by atoms with Gasteiger partial charge in [-0.25, -0.2) is 5.43 Å². The maximum absolute atomic E-state index is 11.5. The number of benzene rings is 1. The van der Waals surface area contributed by atoms with Gasteiger partial charge in [-0.1, -0.05) is 11.6 Å². The molecule has 0 saturated carbocycles. The van der Waals surface area contributed by atoms with Gasteiger partial charge in [-0.3, -0.25) is 10.2 Å². The van der Waals surface area contributed by atoms with Crippen LogP contribution in [0.3, 0.4) is 0 Å². The van der Waals surface area contributed by atoms with Crippen LogP contribution in [0.4, 0.5) is 0 Å². The zero-order valence-corrected chi connectivity index (χ0v) is 9.84. The van der Waals surface area contributed by atoms with Crippen molar-refractivity contribution in [3.05, 3.63) is 28.8 Å². The lowest BCUT2D eigenvalue weighted by atomic mass is 10.1. The quantitative estimate of drug-likeness (QED) is 0.677. The van der Waals surface area contributed by atoms with Gasteiger partial charge in [0.15, 0.2) is 0 Å².